The monoisotopic (exact) mass is 329 g/mol. The number of carbonyl (C=O) groups excluding carboxylic acids is 1. The molecule has 0 aliphatic carbocycles. The van der Waals surface area contributed by atoms with Gasteiger partial charge in [0, 0.05) is 13.1 Å². The highest BCUT2D eigenvalue weighted by Gasteiger charge is 2.24. The lowest BCUT2D eigenvalue weighted by Crippen LogP contribution is -2.45. The number of carbonyl (C=O) groups is 1. The van der Waals surface area contributed by atoms with Crippen LogP contribution in [-0.4, -0.2) is 31.3 Å². The van der Waals surface area contributed by atoms with Crippen LogP contribution in [0.4, 0.5) is 16.2 Å². The number of para-hydroxylation sites is 2. The molecule has 1 aliphatic rings. The van der Waals surface area contributed by atoms with Crippen LogP contribution in [0.5, 0.6) is 0 Å². The summed E-state index contributed by atoms with van der Waals surface area (Å²) in [5, 5.41) is 5.72. The molecule has 6 heteroatoms. The number of ether oxygens (including phenoxy) is 1. The van der Waals surface area contributed by atoms with Crippen molar-refractivity contribution in [3.63, 3.8) is 0 Å². The number of furan rings is 1. The van der Waals surface area contributed by atoms with Crippen molar-refractivity contribution in [3.8, 4) is 0 Å². The van der Waals surface area contributed by atoms with E-state index in [9.17, 15) is 4.79 Å². The van der Waals surface area contributed by atoms with Crippen molar-refractivity contribution in [2.75, 3.05) is 23.3 Å². The summed E-state index contributed by atoms with van der Waals surface area (Å²) in [6.07, 6.45) is 1.91. The number of anilines is 2. The summed E-state index contributed by atoms with van der Waals surface area (Å²) in [4.78, 5) is 14.4. The molecule has 1 fully saturated rings. The van der Waals surface area contributed by atoms with E-state index in [2.05, 4.69) is 29.4 Å². The molecule has 0 unspecified atom stereocenters. The molecule has 2 aromatic rings. The number of nitrogens with zero attached hydrogens (tertiary/aromatic N) is 1. The smallest absolute Gasteiger partial charge is 0.319 e. The molecule has 0 radical (unpaired) electrons. The molecule has 2 heterocycles. The minimum atomic E-state index is -0.256. The van der Waals surface area contributed by atoms with Gasteiger partial charge in [-0.1, -0.05) is 12.1 Å². The van der Waals surface area contributed by atoms with Gasteiger partial charge in [-0.05, 0) is 38.1 Å². The third-order valence-electron chi connectivity index (χ3n) is 3.92. The normalized spacial score (nSPS) is 20.7. The quantitative estimate of drug-likeness (QED) is 0.904. The Morgan fingerprint density at radius 2 is 1.92 bits per heavy atom. The van der Waals surface area contributed by atoms with Crippen molar-refractivity contribution in [3.05, 3.63) is 48.4 Å². The van der Waals surface area contributed by atoms with E-state index < -0.39 is 0 Å². The zero-order valence-corrected chi connectivity index (χ0v) is 14.0. The summed E-state index contributed by atoms with van der Waals surface area (Å²) < 4.78 is 11.0. The fourth-order valence-electron chi connectivity index (χ4n) is 2.98. The summed E-state index contributed by atoms with van der Waals surface area (Å²) in [6.45, 7) is 6.09. The molecule has 1 aromatic carbocycles. The summed E-state index contributed by atoms with van der Waals surface area (Å²) in [5.74, 6) is 0.717. The van der Waals surface area contributed by atoms with E-state index in [-0.39, 0.29) is 18.2 Å². The van der Waals surface area contributed by atoms with Crippen molar-refractivity contribution in [2.24, 2.45) is 0 Å². The molecule has 0 saturated carbocycles. The Morgan fingerprint density at radius 3 is 2.62 bits per heavy atom. The first-order chi connectivity index (χ1) is 11.6. The van der Waals surface area contributed by atoms with Gasteiger partial charge in [0.15, 0.2) is 0 Å². The topological polar surface area (TPSA) is 66.7 Å². The first kappa shape index (κ1) is 16.4. The Bertz CT molecular complexity index is 662. The third kappa shape index (κ3) is 4.08. The molecule has 24 heavy (non-hydrogen) atoms. The minimum Gasteiger partial charge on any atom is -0.467 e. The van der Waals surface area contributed by atoms with Gasteiger partial charge in [0.2, 0.25) is 0 Å². The van der Waals surface area contributed by atoms with Gasteiger partial charge in [-0.25, -0.2) is 4.79 Å². The third-order valence-corrected chi connectivity index (χ3v) is 3.92. The average molecular weight is 329 g/mol. The summed E-state index contributed by atoms with van der Waals surface area (Å²) in [6, 6.07) is 11.2. The number of urea groups is 1. The number of benzene rings is 1. The Morgan fingerprint density at radius 1 is 1.17 bits per heavy atom. The summed E-state index contributed by atoms with van der Waals surface area (Å²) in [7, 11) is 0. The van der Waals surface area contributed by atoms with Gasteiger partial charge in [0.1, 0.15) is 5.76 Å². The molecule has 2 N–H and O–H groups in total. The standard InChI is InChI=1S/C18H23N3O3/c1-13-11-21(12-14(2)24-13)17-8-4-3-7-16(17)20-18(22)19-10-15-6-5-9-23-15/h3-9,13-14H,10-12H2,1-2H3,(H2,19,20,22)/t13-,14+. The molecule has 1 aromatic heterocycles. The van der Waals surface area contributed by atoms with Crippen LogP contribution in [0.15, 0.2) is 47.1 Å². The number of rotatable bonds is 4. The molecule has 0 spiro atoms. The van der Waals surface area contributed by atoms with Gasteiger partial charge in [0.05, 0.1) is 36.4 Å². The number of hydrogen-bond acceptors (Lipinski definition) is 4. The second-order valence-corrected chi connectivity index (χ2v) is 6.07. The predicted molar refractivity (Wildman–Crippen MR) is 93.2 cm³/mol. The lowest BCUT2D eigenvalue weighted by Gasteiger charge is -2.37. The van der Waals surface area contributed by atoms with Gasteiger partial charge in [-0.3, -0.25) is 0 Å². The molecule has 2 amide bonds. The molecular weight excluding hydrogens is 306 g/mol. The van der Waals surface area contributed by atoms with Crippen molar-refractivity contribution >= 4 is 17.4 Å². The van der Waals surface area contributed by atoms with Crippen LogP contribution in [0.25, 0.3) is 0 Å². The van der Waals surface area contributed by atoms with E-state index in [1.807, 2.05) is 30.3 Å². The van der Waals surface area contributed by atoms with Crippen molar-refractivity contribution in [1.82, 2.24) is 5.32 Å². The van der Waals surface area contributed by atoms with Crippen LogP contribution in [0.1, 0.15) is 19.6 Å². The van der Waals surface area contributed by atoms with Crippen molar-refractivity contribution < 1.29 is 13.9 Å². The molecule has 6 nitrogen and oxygen atoms in total. The Labute approximate surface area is 141 Å². The molecule has 1 saturated heterocycles. The molecule has 1 aliphatic heterocycles. The Kier molecular flexibility index (Phi) is 5.05. The molecule has 3 rings (SSSR count). The van der Waals surface area contributed by atoms with Crippen LogP contribution in [0.3, 0.4) is 0 Å². The highest BCUT2D eigenvalue weighted by Crippen LogP contribution is 2.28. The zero-order valence-electron chi connectivity index (χ0n) is 14.0. The predicted octanol–water partition coefficient (Wildman–Crippen LogP) is 3.21. The highest BCUT2D eigenvalue weighted by atomic mass is 16.5. The first-order valence-corrected chi connectivity index (χ1v) is 8.18. The van der Waals surface area contributed by atoms with E-state index in [4.69, 9.17) is 9.15 Å². The lowest BCUT2D eigenvalue weighted by atomic mass is 10.1. The SMILES string of the molecule is C[C@@H]1CN(c2ccccc2NC(=O)NCc2ccco2)C[C@H](C)O1. The second kappa shape index (κ2) is 7.40. The van der Waals surface area contributed by atoms with E-state index in [0.717, 1.165) is 24.5 Å². The fourth-order valence-corrected chi connectivity index (χ4v) is 2.98. The number of nitrogens with one attached hydrogen (secondary N) is 2. The van der Waals surface area contributed by atoms with Gasteiger partial charge in [-0.15, -0.1) is 0 Å². The minimum absolute atomic E-state index is 0.162. The van der Waals surface area contributed by atoms with Crippen LogP contribution >= 0.6 is 0 Å². The number of morpholine rings is 1. The highest BCUT2D eigenvalue weighted by molar-refractivity contribution is 5.93. The van der Waals surface area contributed by atoms with Gasteiger partial charge < -0.3 is 24.7 Å². The van der Waals surface area contributed by atoms with Crippen LogP contribution in [0, 0.1) is 0 Å². The van der Waals surface area contributed by atoms with E-state index in [1.54, 1.807) is 12.3 Å². The van der Waals surface area contributed by atoms with E-state index in [0.29, 0.717) is 12.3 Å². The number of amides is 2. The maximum Gasteiger partial charge on any atom is 0.319 e. The molecular formula is C18H23N3O3. The van der Waals surface area contributed by atoms with E-state index in [1.165, 1.54) is 0 Å². The second-order valence-electron chi connectivity index (χ2n) is 6.07. The Balaban J connectivity index is 1.66. The maximum absolute atomic E-state index is 12.2. The summed E-state index contributed by atoms with van der Waals surface area (Å²) >= 11 is 0. The van der Waals surface area contributed by atoms with Crippen LogP contribution in [0.2, 0.25) is 0 Å². The molecule has 0 bridgehead atoms. The lowest BCUT2D eigenvalue weighted by molar-refractivity contribution is -0.00517. The largest absolute Gasteiger partial charge is 0.467 e. The average Bonchev–Trinajstić information content (AvgIpc) is 3.06. The van der Waals surface area contributed by atoms with Crippen molar-refractivity contribution in [2.45, 2.75) is 32.6 Å². The van der Waals surface area contributed by atoms with E-state index >= 15 is 0 Å². The Hall–Kier alpha value is -2.47. The molecule has 128 valence electrons. The summed E-state index contributed by atoms with van der Waals surface area (Å²) in [5.41, 5.74) is 1.79. The van der Waals surface area contributed by atoms with Crippen LogP contribution in [-0.2, 0) is 11.3 Å². The van der Waals surface area contributed by atoms with Crippen molar-refractivity contribution in [1.29, 1.82) is 0 Å². The number of hydrogen-bond donors (Lipinski definition) is 2. The fraction of sp³-hybridized carbons (Fsp3) is 0.389. The maximum atomic E-state index is 12.2. The first-order valence-electron chi connectivity index (χ1n) is 8.18. The van der Waals surface area contributed by atoms with Gasteiger partial charge in [-0.2, -0.15) is 0 Å². The van der Waals surface area contributed by atoms with Crippen LogP contribution < -0.4 is 15.5 Å². The van der Waals surface area contributed by atoms with Gasteiger partial charge >= 0.3 is 6.03 Å². The zero-order chi connectivity index (χ0) is 16.9. The van der Waals surface area contributed by atoms with Gasteiger partial charge in [0.25, 0.3) is 0 Å². The molecule has 2 atom stereocenters.